The second-order valence-electron chi connectivity index (χ2n) is 5.91. The number of aryl methyl sites for hydroxylation is 3. The number of nitrogens with two attached hydrogens (primary N) is 2. The Balaban J connectivity index is 1.50. The average Bonchev–Trinajstić information content (AvgIpc) is 3.17. The Bertz CT molecular complexity index is 798. The second-order valence-corrected chi connectivity index (χ2v) is 5.91. The molecule has 2 aromatic rings. The van der Waals surface area contributed by atoms with Gasteiger partial charge in [0.05, 0.1) is 5.69 Å². The summed E-state index contributed by atoms with van der Waals surface area (Å²) >= 11 is 0. The number of rotatable bonds is 5. The molecule has 124 valence electrons. The van der Waals surface area contributed by atoms with Crippen molar-refractivity contribution in [2.75, 3.05) is 17.6 Å². The van der Waals surface area contributed by atoms with Crippen molar-refractivity contribution >= 4 is 17.5 Å². The molecule has 7 heteroatoms. The number of aliphatic imine (C=N–C) groups is 1. The van der Waals surface area contributed by atoms with Crippen LogP contribution in [0.3, 0.4) is 0 Å². The van der Waals surface area contributed by atoms with Gasteiger partial charge in [-0.2, -0.15) is 10.4 Å². The van der Waals surface area contributed by atoms with Crippen LogP contribution >= 0.6 is 0 Å². The highest BCUT2D eigenvalue weighted by Crippen LogP contribution is 2.24. The van der Waals surface area contributed by atoms with E-state index in [4.69, 9.17) is 16.7 Å². The Hall–Kier alpha value is -3.01. The number of benzene rings is 1. The molecule has 0 saturated carbocycles. The first-order valence-corrected chi connectivity index (χ1v) is 8.09. The van der Waals surface area contributed by atoms with Crippen LogP contribution in [-0.4, -0.2) is 22.7 Å². The van der Waals surface area contributed by atoms with Gasteiger partial charge in [-0.05, 0) is 55.4 Å². The fourth-order valence-electron chi connectivity index (χ4n) is 2.99. The first kappa shape index (κ1) is 15.9. The van der Waals surface area contributed by atoms with Crippen LogP contribution in [0.4, 0.5) is 11.5 Å². The summed E-state index contributed by atoms with van der Waals surface area (Å²) in [5.74, 6) is 0.645. The summed E-state index contributed by atoms with van der Waals surface area (Å²) in [5.41, 5.74) is 16.5. The van der Waals surface area contributed by atoms with Gasteiger partial charge in [-0.15, -0.1) is 0 Å². The van der Waals surface area contributed by atoms with E-state index >= 15 is 0 Å². The molecule has 7 nitrogen and oxygen atoms in total. The van der Waals surface area contributed by atoms with Crippen LogP contribution in [0, 0.1) is 11.3 Å². The van der Waals surface area contributed by atoms with Crippen molar-refractivity contribution in [1.29, 1.82) is 5.26 Å². The van der Waals surface area contributed by atoms with Crippen molar-refractivity contribution in [3.05, 3.63) is 40.6 Å². The third kappa shape index (κ3) is 3.49. The molecule has 1 aromatic heterocycles. The summed E-state index contributed by atoms with van der Waals surface area (Å²) in [5, 5.41) is 18.8. The van der Waals surface area contributed by atoms with Crippen molar-refractivity contribution in [2.45, 2.75) is 32.1 Å². The summed E-state index contributed by atoms with van der Waals surface area (Å²) < 4.78 is 0. The largest absolute Gasteiger partial charge is 0.381 e. The molecular weight excluding hydrogens is 302 g/mol. The van der Waals surface area contributed by atoms with E-state index in [0.29, 0.717) is 24.5 Å². The number of hydrogen-bond acceptors (Lipinski definition) is 4. The van der Waals surface area contributed by atoms with Crippen molar-refractivity contribution in [2.24, 2.45) is 10.7 Å². The minimum atomic E-state index is 0.244. The van der Waals surface area contributed by atoms with E-state index in [2.05, 4.69) is 38.7 Å². The summed E-state index contributed by atoms with van der Waals surface area (Å²) in [4.78, 5) is 4.33. The average molecular weight is 323 g/mol. The quantitative estimate of drug-likeness (QED) is 0.378. The predicted molar refractivity (Wildman–Crippen MR) is 94.6 cm³/mol. The minimum absolute atomic E-state index is 0.244. The zero-order valence-corrected chi connectivity index (χ0v) is 13.5. The van der Waals surface area contributed by atoms with Gasteiger partial charge in [-0.1, -0.05) is 6.07 Å². The molecule has 6 N–H and O–H groups in total. The van der Waals surface area contributed by atoms with Gasteiger partial charge in [0.15, 0.2) is 11.8 Å². The molecule has 0 amide bonds. The minimum Gasteiger partial charge on any atom is -0.381 e. The number of aromatic nitrogens is 2. The molecule has 0 unspecified atom stereocenters. The number of nitrogen functional groups attached to an aromatic ring is 1. The summed E-state index contributed by atoms with van der Waals surface area (Å²) in [6.45, 7) is 0.563. The van der Waals surface area contributed by atoms with Crippen LogP contribution in [0.1, 0.15) is 35.2 Å². The van der Waals surface area contributed by atoms with Crippen molar-refractivity contribution in [3.8, 4) is 6.07 Å². The Morgan fingerprint density at radius 3 is 3.04 bits per heavy atom. The molecule has 1 aliphatic rings. The number of H-pyrrole nitrogens is 1. The maximum absolute atomic E-state index is 9.02. The molecular formula is C17H21N7. The van der Waals surface area contributed by atoms with Crippen LogP contribution in [-0.2, 0) is 19.3 Å². The van der Waals surface area contributed by atoms with Gasteiger partial charge >= 0.3 is 0 Å². The van der Waals surface area contributed by atoms with Gasteiger partial charge in [0, 0.05) is 12.2 Å². The SMILES string of the molecule is N#Cc1c(N)n[nH]c1CCCN=C(N)Nc1ccc2c(c1)CCC2. The highest BCUT2D eigenvalue weighted by Gasteiger charge is 2.11. The van der Waals surface area contributed by atoms with E-state index in [-0.39, 0.29) is 5.82 Å². The van der Waals surface area contributed by atoms with Crippen LogP contribution in [0.15, 0.2) is 23.2 Å². The number of nitriles is 1. The lowest BCUT2D eigenvalue weighted by Gasteiger charge is -2.08. The van der Waals surface area contributed by atoms with Crippen molar-refractivity contribution in [3.63, 3.8) is 0 Å². The van der Waals surface area contributed by atoms with Crippen LogP contribution in [0.2, 0.25) is 0 Å². The zero-order valence-electron chi connectivity index (χ0n) is 13.5. The lowest BCUT2D eigenvalue weighted by molar-refractivity contribution is 0.802. The molecule has 0 bridgehead atoms. The van der Waals surface area contributed by atoms with E-state index in [1.54, 1.807) is 0 Å². The van der Waals surface area contributed by atoms with Crippen LogP contribution < -0.4 is 16.8 Å². The van der Waals surface area contributed by atoms with E-state index < -0.39 is 0 Å². The van der Waals surface area contributed by atoms with Crippen LogP contribution in [0.5, 0.6) is 0 Å². The molecule has 1 heterocycles. The third-order valence-electron chi connectivity index (χ3n) is 4.22. The number of aromatic amines is 1. The fourth-order valence-corrected chi connectivity index (χ4v) is 2.99. The smallest absolute Gasteiger partial charge is 0.193 e. The topological polar surface area (TPSA) is 129 Å². The number of nitrogens with zero attached hydrogens (tertiary/aromatic N) is 3. The monoisotopic (exact) mass is 323 g/mol. The first-order valence-electron chi connectivity index (χ1n) is 8.09. The van der Waals surface area contributed by atoms with Gasteiger partial charge in [-0.3, -0.25) is 10.1 Å². The van der Waals surface area contributed by atoms with Gasteiger partial charge in [-0.25, -0.2) is 0 Å². The number of anilines is 2. The third-order valence-corrected chi connectivity index (χ3v) is 4.22. The highest BCUT2D eigenvalue weighted by molar-refractivity contribution is 5.92. The second kappa shape index (κ2) is 7.04. The Morgan fingerprint density at radius 2 is 2.21 bits per heavy atom. The molecule has 0 spiro atoms. The standard InChI is InChI=1S/C17H21N7/c18-10-14-15(23-24-16(14)19)5-2-8-21-17(20)22-13-7-6-11-3-1-4-12(11)9-13/h6-7,9H,1-5,8H2,(H3,19,23,24)(H3,20,21,22). The molecule has 1 aliphatic carbocycles. The summed E-state index contributed by atoms with van der Waals surface area (Å²) in [7, 11) is 0. The molecule has 0 atom stereocenters. The van der Waals surface area contributed by atoms with Crippen molar-refractivity contribution < 1.29 is 0 Å². The van der Waals surface area contributed by atoms with Crippen LogP contribution in [0.25, 0.3) is 0 Å². The van der Waals surface area contributed by atoms with E-state index in [1.165, 1.54) is 24.0 Å². The Morgan fingerprint density at radius 1 is 1.38 bits per heavy atom. The lowest BCUT2D eigenvalue weighted by atomic mass is 10.1. The Kier molecular flexibility index (Phi) is 4.66. The van der Waals surface area contributed by atoms with Gasteiger partial charge in [0.1, 0.15) is 11.6 Å². The number of fused-ring (bicyclic) bond motifs is 1. The number of guanidine groups is 1. The maximum atomic E-state index is 9.02. The first-order chi connectivity index (χ1) is 11.7. The molecule has 0 saturated heterocycles. The summed E-state index contributed by atoms with van der Waals surface area (Å²) in [6.07, 6.45) is 4.94. The molecule has 1 aromatic carbocycles. The molecule has 24 heavy (non-hydrogen) atoms. The zero-order chi connectivity index (χ0) is 16.9. The normalized spacial score (nSPS) is 13.5. The molecule has 0 fully saturated rings. The predicted octanol–water partition coefficient (Wildman–Crippen LogP) is 1.71. The Labute approximate surface area is 140 Å². The highest BCUT2D eigenvalue weighted by atomic mass is 15.2. The summed E-state index contributed by atoms with van der Waals surface area (Å²) in [6, 6.07) is 8.40. The van der Waals surface area contributed by atoms with E-state index in [0.717, 1.165) is 24.2 Å². The number of nitrogens with one attached hydrogen (secondary N) is 2. The fraction of sp³-hybridized carbons (Fsp3) is 0.353. The van der Waals surface area contributed by atoms with Gasteiger partial charge in [0.25, 0.3) is 0 Å². The van der Waals surface area contributed by atoms with Gasteiger partial charge in [0.2, 0.25) is 0 Å². The van der Waals surface area contributed by atoms with Crippen molar-refractivity contribution in [1.82, 2.24) is 10.2 Å². The van der Waals surface area contributed by atoms with E-state index in [1.807, 2.05) is 6.07 Å². The van der Waals surface area contributed by atoms with E-state index in [9.17, 15) is 0 Å². The molecule has 3 rings (SSSR count). The molecule has 0 aliphatic heterocycles. The molecule has 0 radical (unpaired) electrons. The lowest BCUT2D eigenvalue weighted by Crippen LogP contribution is -2.23. The van der Waals surface area contributed by atoms with Gasteiger partial charge < -0.3 is 16.8 Å². The number of hydrogen-bond donors (Lipinski definition) is 4. The maximum Gasteiger partial charge on any atom is 0.193 e.